The molecule has 1 heterocycles. The van der Waals surface area contributed by atoms with Crippen LogP contribution in [0.1, 0.15) is 6.92 Å². The second kappa shape index (κ2) is 5.95. The van der Waals surface area contributed by atoms with Gasteiger partial charge in [-0.3, -0.25) is 4.21 Å². The average molecular weight is 264 g/mol. The number of hydrogen-bond donors (Lipinski definition) is 2. The Kier molecular flexibility index (Phi) is 4.88. The van der Waals surface area contributed by atoms with Crippen LogP contribution >= 0.6 is 11.6 Å². The maximum absolute atomic E-state index is 11.0. The van der Waals surface area contributed by atoms with Gasteiger partial charge < -0.3 is 10.6 Å². The van der Waals surface area contributed by atoms with Crippen LogP contribution in [0.15, 0.2) is 0 Å². The Morgan fingerprint density at radius 1 is 1.38 bits per heavy atom. The third-order valence-corrected chi connectivity index (χ3v) is 2.83. The van der Waals surface area contributed by atoms with Gasteiger partial charge in [0.25, 0.3) is 0 Å². The summed E-state index contributed by atoms with van der Waals surface area (Å²) in [5, 5.41) is 5.90. The van der Waals surface area contributed by atoms with Crippen molar-refractivity contribution in [1.29, 1.82) is 0 Å². The fourth-order valence-corrected chi connectivity index (χ4v) is 2.09. The molecule has 0 spiro atoms. The number of nitrogens with one attached hydrogen (secondary N) is 2. The van der Waals surface area contributed by atoms with Crippen LogP contribution in [0, 0.1) is 0 Å². The molecule has 1 aromatic heterocycles. The molecule has 0 saturated carbocycles. The maximum Gasteiger partial charge on any atom is 0.229 e. The number of nitrogens with zero attached hydrogens (tertiary/aromatic N) is 3. The van der Waals surface area contributed by atoms with Crippen LogP contribution in [-0.2, 0) is 10.8 Å². The molecule has 1 aromatic rings. The molecule has 1 rings (SSSR count). The van der Waals surface area contributed by atoms with Gasteiger partial charge in [-0.2, -0.15) is 15.0 Å². The van der Waals surface area contributed by atoms with Crippen LogP contribution in [0.4, 0.5) is 11.9 Å². The van der Waals surface area contributed by atoms with Crippen molar-refractivity contribution in [2.24, 2.45) is 0 Å². The van der Waals surface area contributed by atoms with Gasteiger partial charge >= 0.3 is 0 Å². The first-order valence-electron chi connectivity index (χ1n) is 4.67. The molecule has 0 aromatic carbocycles. The van der Waals surface area contributed by atoms with Crippen LogP contribution in [-0.4, -0.2) is 44.3 Å². The fourth-order valence-electron chi connectivity index (χ4n) is 1.14. The monoisotopic (exact) mass is 263 g/mol. The summed E-state index contributed by atoms with van der Waals surface area (Å²) < 4.78 is 11.0. The number of anilines is 2. The Bertz CT molecular complexity index is 389. The molecular formula is C8H14ClN5OS. The van der Waals surface area contributed by atoms with Gasteiger partial charge in [-0.1, -0.05) is 0 Å². The van der Waals surface area contributed by atoms with E-state index in [-0.39, 0.29) is 11.3 Å². The molecule has 0 bridgehead atoms. The van der Waals surface area contributed by atoms with Crippen LogP contribution < -0.4 is 10.6 Å². The Hall–Kier alpha value is -0.950. The molecular weight excluding hydrogens is 250 g/mol. The molecule has 0 aliphatic rings. The standard InChI is InChI=1S/C8H14ClN5OS/c1-5(4-16(3)15)11-8-13-6(9)12-7(10-2)14-8/h5H,4H2,1-3H3,(H2,10,11,12,13,14). The quantitative estimate of drug-likeness (QED) is 0.816. The first-order valence-corrected chi connectivity index (χ1v) is 6.77. The smallest absolute Gasteiger partial charge is 0.229 e. The highest BCUT2D eigenvalue weighted by atomic mass is 35.5. The van der Waals surface area contributed by atoms with Crippen molar-refractivity contribution < 1.29 is 4.21 Å². The zero-order valence-electron chi connectivity index (χ0n) is 9.32. The van der Waals surface area contributed by atoms with E-state index in [2.05, 4.69) is 25.6 Å². The molecule has 0 radical (unpaired) electrons. The largest absolute Gasteiger partial charge is 0.357 e. The van der Waals surface area contributed by atoms with Gasteiger partial charge in [-0.25, -0.2) is 0 Å². The van der Waals surface area contributed by atoms with Gasteiger partial charge in [0.1, 0.15) is 0 Å². The third kappa shape index (κ3) is 4.28. The highest BCUT2D eigenvalue weighted by Gasteiger charge is 2.08. The number of halogens is 1. The zero-order chi connectivity index (χ0) is 12.1. The molecule has 2 atom stereocenters. The highest BCUT2D eigenvalue weighted by molar-refractivity contribution is 7.84. The van der Waals surface area contributed by atoms with E-state index < -0.39 is 10.8 Å². The Morgan fingerprint density at radius 3 is 2.56 bits per heavy atom. The molecule has 16 heavy (non-hydrogen) atoms. The van der Waals surface area contributed by atoms with E-state index in [1.165, 1.54) is 0 Å². The normalized spacial score (nSPS) is 14.2. The molecule has 0 aliphatic heterocycles. The summed E-state index contributed by atoms with van der Waals surface area (Å²) in [6.45, 7) is 1.90. The van der Waals surface area contributed by atoms with Crippen LogP contribution in [0.3, 0.4) is 0 Å². The van der Waals surface area contributed by atoms with Crippen molar-refractivity contribution in [2.75, 3.05) is 29.7 Å². The summed E-state index contributed by atoms with van der Waals surface area (Å²) in [6, 6.07) is 0.00834. The van der Waals surface area contributed by atoms with Crippen LogP contribution in [0.25, 0.3) is 0 Å². The van der Waals surface area contributed by atoms with Crippen molar-refractivity contribution in [1.82, 2.24) is 15.0 Å². The van der Waals surface area contributed by atoms with Crippen molar-refractivity contribution >= 4 is 34.3 Å². The highest BCUT2D eigenvalue weighted by Crippen LogP contribution is 2.09. The van der Waals surface area contributed by atoms with Gasteiger partial charge in [0.2, 0.25) is 17.2 Å². The Labute approximate surface area is 102 Å². The lowest BCUT2D eigenvalue weighted by Gasteiger charge is -2.12. The number of hydrogen-bond acceptors (Lipinski definition) is 6. The van der Waals surface area contributed by atoms with E-state index >= 15 is 0 Å². The van der Waals surface area contributed by atoms with Gasteiger partial charge in [0, 0.05) is 35.9 Å². The SMILES string of the molecule is CNc1nc(Cl)nc(NC(C)CS(C)=O)n1. The van der Waals surface area contributed by atoms with E-state index in [0.29, 0.717) is 17.6 Å². The summed E-state index contributed by atoms with van der Waals surface area (Å²) >= 11 is 5.72. The summed E-state index contributed by atoms with van der Waals surface area (Å²) in [6.07, 6.45) is 1.65. The van der Waals surface area contributed by atoms with Crippen molar-refractivity contribution in [3.05, 3.63) is 5.28 Å². The molecule has 2 unspecified atom stereocenters. The summed E-state index contributed by atoms with van der Waals surface area (Å²) in [5.41, 5.74) is 0. The lowest BCUT2D eigenvalue weighted by atomic mass is 10.4. The third-order valence-electron chi connectivity index (χ3n) is 1.69. The summed E-state index contributed by atoms with van der Waals surface area (Å²) in [5.74, 6) is 1.30. The molecule has 0 saturated heterocycles. The average Bonchev–Trinajstić information content (AvgIpc) is 2.14. The Balaban J connectivity index is 2.72. The van der Waals surface area contributed by atoms with Crippen molar-refractivity contribution in [3.8, 4) is 0 Å². The van der Waals surface area contributed by atoms with Crippen molar-refractivity contribution in [2.45, 2.75) is 13.0 Å². The van der Waals surface area contributed by atoms with E-state index in [0.717, 1.165) is 0 Å². The molecule has 8 heteroatoms. The molecule has 6 nitrogen and oxygen atoms in total. The topological polar surface area (TPSA) is 79.8 Å². The van der Waals surface area contributed by atoms with Gasteiger partial charge in [-0.15, -0.1) is 0 Å². The minimum atomic E-state index is -0.864. The molecule has 0 fully saturated rings. The lowest BCUT2D eigenvalue weighted by Crippen LogP contribution is -2.23. The van der Waals surface area contributed by atoms with E-state index in [1.807, 2.05) is 6.92 Å². The van der Waals surface area contributed by atoms with Crippen molar-refractivity contribution in [3.63, 3.8) is 0 Å². The Morgan fingerprint density at radius 2 is 2.00 bits per heavy atom. The molecule has 90 valence electrons. The predicted molar refractivity (Wildman–Crippen MR) is 66.4 cm³/mol. The molecule has 2 N–H and O–H groups in total. The van der Waals surface area contributed by atoms with E-state index in [1.54, 1.807) is 13.3 Å². The molecule has 0 amide bonds. The lowest BCUT2D eigenvalue weighted by molar-refractivity contribution is 0.682. The van der Waals surface area contributed by atoms with Gasteiger partial charge in [0.05, 0.1) is 0 Å². The summed E-state index contributed by atoms with van der Waals surface area (Å²) in [4.78, 5) is 11.8. The second-order valence-corrected chi connectivity index (χ2v) is 5.10. The first-order chi connectivity index (χ1) is 7.51. The predicted octanol–water partition coefficient (Wildman–Crippen LogP) is 0.746. The van der Waals surface area contributed by atoms with E-state index in [4.69, 9.17) is 11.6 Å². The minimum Gasteiger partial charge on any atom is -0.357 e. The van der Waals surface area contributed by atoms with E-state index in [9.17, 15) is 4.21 Å². The van der Waals surface area contributed by atoms with Gasteiger partial charge in [0.15, 0.2) is 0 Å². The first kappa shape index (κ1) is 13.1. The van der Waals surface area contributed by atoms with Crippen LogP contribution in [0.2, 0.25) is 5.28 Å². The minimum absolute atomic E-state index is 0.00834. The maximum atomic E-state index is 11.0. The fraction of sp³-hybridized carbons (Fsp3) is 0.625. The van der Waals surface area contributed by atoms with Crippen LogP contribution in [0.5, 0.6) is 0 Å². The molecule has 0 aliphatic carbocycles. The number of aromatic nitrogens is 3. The van der Waals surface area contributed by atoms with Gasteiger partial charge in [-0.05, 0) is 18.5 Å². The zero-order valence-corrected chi connectivity index (χ0v) is 10.9. The summed E-state index contributed by atoms with van der Waals surface area (Å²) in [7, 11) is 0.830. The second-order valence-electron chi connectivity index (χ2n) is 3.29. The number of rotatable bonds is 5.